The van der Waals surface area contributed by atoms with Crippen molar-refractivity contribution in [1.82, 2.24) is 0 Å². The smallest absolute Gasteiger partial charge is 0.115 e. The number of fused-ring (bicyclic) bond motifs is 5. The molecule has 1 aromatic carbocycles. The molecule has 3 nitrogen and oxygen atoms in total. The van der Waals surface area contributed by atoms with Crippen LogP contribution >= 0.6 is 0 Å². The predicted molar refractivity (Wildman–Crippen MR) is 117 cm³/mol. The van der Waals surface area contributed by atoms with E-state index in [1.165, 1.54) is 11.1 Å². The molecule has 2 fully saturated rings. The molecule has 0 aromatic heterocycles. The molecule has 0 bridgehead atoms. The van der Waals surface area contributed by atoms with E-state index in [0.717, 1.165) is 57.8 Å². The third-order valence-electron chi connectivity index (χ3n) is 8.80. The summed E-state index contributed by atoms with van der Waals surface area (Å²) in [5, 5.41) is 30.7. The van der Waals surface area contributed by atoms with E-state index in [4.69, 9.17) is 0 Å². The largest absolute Gasteiger partial charge is 0.508 e. The minimum atomic E-state index is -0.231. The zero-order chi connectivity index (χ0) is 20.8. The molecule has 0 aliphatic heterocycles. The first-order valence-corrected chi connectivity index (χ1v) is 11.6. The average molecular weight is 399 g/mol. The number of allylic oxidation sites excluding steroid dienone is 1. The van der Waals surface area contributed by atoms with Crippen LogP contribution in [0.2, 0.25) is 0 Å². The van der Waals surface area contributed by atoms with E-state index in [1.54, 1.807) is 0 Å². The average Bonchev–Trinajstić information content (AvgIpc) is 2.99. The molecule has 1 aromatic rings. The number of hydrogen-bond donors (Lipinski definition) is 3. The number of phenols is 1. The lowest BCUT2D eigenvalue weighted by Crippen LogP contribution is -2.54. The summed E-state index contributed by atoms with van der Waals surface area (Å²) in [4.78, 5) is 0. The highest BCUT2D eigenvalue weighted by atomic mass is 16.3. The van der Waals surface area contributed by atoms with Crippen molar-refractivity contribution in [3.63, 3.8) is 0 Å². The Morgan fingerprint density at radius 1 is 1.28 bits per heavy atom. The lowest BCUT2D eigenvalue weighted by molar-refractivity contribution is -0.0813. The first-order chi connectivity index (χ1) is 13.8. The molecule has 3 N–H and O–H groups in total. The molecule has 3 aliphatic rings. The second kappa shape index (κ2) is 7.74. The minimum absolute atomic E-state index is 0.0311. The lowest BCUT2D eigenvalue weighted by Gasteiger charge is -2.60. The van der Waals surface area contributed by atoms with E-state index >= 15 is 0 Å². The van der Waals surface area contributed by atoms with Crippen molar-refractivity contribution in [1.29, 1.82) is 0 Å². The molecule has 3 heteroatoms. The number of phenolic OH excluding ortho intramolecular Hbond substituents is 1. The number of aryl methyl sites for hydroxylation is 1. The van der Waals surface area contributed by atoms with Gasteiger partial charge in [0.2, 0.25) is 0 Å². The Hall–Kier alpha value is -1.32. The maximum atomic E-state index is 11.0. The van der Waals surface area contributed by atoms with Crippen LogP contribution in [0.3, 0.4) is 0 Å². The SMILES string of the molecule is C=C[C@]12CCc3cc(O)ccc3[C@H]1C(CCCC[C@@H](C)O)C[C@@]1(C)[C@H]2CC[C@@H]1O. The Balaban J connectivity index is 1.72. The fraction of sp³-hybridized carbons (Fsp3) is 0.692. The molecule has 4 rings (SSSR count). The van der Waals surface area contributed by atoms with Crippen LogP contribution in [0.15, 0.2) is 30.9 Å². The van der Waals surface area contributed by atoms with Crippen LogP contribution in [-0.2, 0) is 6.42 Å². The van der Waals surface area contributed by atoms with Crippen LogP contribution in [0.4, 0.5) is 0 Å². The fourth-order valence-electron chi connectivity index (χ4n) is 7.54. The van der Waals surface area contributed by atoms with Crippen molar-refractivity contribution in [2.45, 2.75) is 89.8 Å². The summed E-state index contributed by atoms with van der Waals surface area (Å²) in [5.74, 6) is 1.75. The molecule has 0 amide bonds. The molecular weight excluding hydrogens is 360 g/mol. The quantitative estimate of drug-likeness (QED) is 0.448. The molecule has 29 heavy (non-hydrogen) atoms. The summed E-state index contributed by atoms with van der Waals surface area (Å²) < 4.78 is 0. The van der Waals surface area contributed by atoms with Crippen molar-refractivity contribution >= 4 is 0 Å². The van der Waals surface area contributed by atoms with Gasteiger partial charge in [-0.3, -0.25) is 0 Å². The Morgan fingerprint density at radius 2 is 2.07 bits per heavy atom. The van der Waals surface area contributed by atoms with Crippen molar-refractivity contribution in [2.75, 3.05) is 0 Å². The number of benzene rings is 1. The van der Waals surface area contributed by atoms with Gasteiger partial charge in [0.1, 0.15) is 5.75 Å². The van der Waals surface area contributed by atoms with Crippen molar-refractivity contribution in [3.05, 3.63) is 42.0 Å². The maximum Gasteiger partial charge on any atom is 0.115 e. The zero-order valence-corrected chi connectivity index (χ0v) is 18.1. The van der Waals surface area contributed by atoms with Gasteiger partial charge in [-0.1, -0.05) is 31.9 Å². The third kappa shape index (κ3) is 3.35. The highest BCUT2D eigenvalue weighted by Crippen LogP contribution is 2.69. The first-order valence-electron chi connectivity index (χ1n) is 11.6. The van der Waals surface area contributed by atoms with Gasteiger partial charge in [-0.05, 0) is 104 Å². The Bertz CT molecular complexity index is 756. The second-order valence-electron chi connectivity index (χ2n) is 10.4. The van der Waals surface area contributed by atoms with Gasteiger partial charge in [0, 0.05) is 0 Å². The predicted octanol–water partition coefficient (Wildman–Crippen LogP) is 5.33. The summed E-state index contributed by atoms with van der Waals surface area (Å²) >= 11 is 0. The summed E-state index contributed by atoms with van der Waals surface area (Å²) in [7, 11) is 0. The highest BCUT2D eigenvalue weighted by molar-refractivity contribution is 5.43. The third-order valence-corrected chi connectivity index (χ3v) is 8.80. The summed E-state index contributed by atoms with van der Waals surface area (Å²) in [6, 6.07) is 5.97. The molecular formula is C26H38O3. The Labute approximate surface area is 175 Å². The molecule has 160 valence electrons. The van der Waals surface area contributed by atoms with E-state index in [2.05, 4.69) is 25.6 Å². The van der Waals surface area contributed by atoms with E-state index in [9.17, 15) is 15.3 Å². The Kier molecular flexibility index (Phi) is 5.59. The topological polar surface area (TPSA) is 60.7 Å². The van der Waals surface area contributed by atoms with Gasteiger partial charge in [-0.2, -0.15) is 0 Å². The molecule has 0 heterocycles. The molecule has 0 spiro atoms. The van der Waals surface area contributed by atoms with Crippen LogP contribution < -0.4 is 0 Å². The van der Waals surface area contributed by atoms with Gasteiger partial charge in [0.25, 0.3) is 0 Å². The number of aliphatic hydroxyl groups excluding tert-OH is 2. The lowest BCUT2D eigenvalue weighted by atomic mass is 9.44. The fourth-order valence-corrected chi connectivity index (χ4v) is 7.54. The van der Waals surface area contributed by atoms with E-state index in [0.29, 0.717) is 23.5 Å². The van der Waals surface area contributed by atoms with E-state index in [1.807, 2.05) is 19.1 Å². The first kappa shape index (κ1) is 20.9. The van der Waals surface area contributed by atoms with Gasteiger partial charge in [0.05, 0.1) is 12.2 Å². The zero-order valence-electron chi connectivity index (χ0n) is 18.1. The summed E-state index contributed by atoms with van der Waals surface area (Å²) in [6.45, 7) is 8.55. The molecule has 3 aliphatic carbocycles. The molecule has 0 saturated heterocycles. The van der Waals surface area contributed by atoms with Gasteiger partial charge in [-0.25, -0.2) is 0 Å². The number of unbranched alkanes of at least 4 members (excludes halogenated alkanes) is 1. The van der Waals surface area contributed by atoms with Crippen LogP contribution in [0.1, 0.15) is 82.3 Å². The van der Waals surface area contributed by atoms with Crippen LogP contribution in [0, 0.1) is 22.7 Å². The second-order valence-corrected chi connectivity index (χ2v) is 10.4. The Morgan fingerprint density at radius 3 is 2.79 bits per heavy atom. The summed E-state index contributed by atoms with van der Waals surface area (Å²) in [6.07, 6.45) is 11.0. The molecule has 7 atom stereocenters. The number of aliphatic hydroxyl groups is 2. The minimum Gasteiger partial charge on any atom is -0.508 e. The maximum absolute atomic E-state index is 11.0. The van der Waals surface area contributed by atoms with E-state index < -0.39 is 0 Å². The van der Waals surface area contributed by atoms with Gasteiger partial charge >= 0.3 is 0 Å². The van der Waals surface area contributed by atoms with Crippen LogP contribution in [0.25, 0.3) is 0 Å². The number of aromatic hydroxyl groups is 1. The van der Waals surface area contributed by atoms with Crippen LogP contribution in [-0.4, -0.2) is 27.5 Å². The van der Waals surface area contributed by atoms with Gasteiger partial charge in [0.15, 0.2) is 0 Å². The number of rotatable bonds is 6. The monoisotopic (exact) mass is 398 g/mol. The number of hydrogen-bond acceptors (Lipinski definition) is 3. The van der Waals surface area contributed by atoms with Crippen molar-refractivity contribution < 1.29 is 15.3 Å². The standard InChI is InChI=1S/C26H38O3/c1-4-26-14-13-18-15-20(28)9-10-21(18)24(26)19(8-6-5-7-17(2)27)16-25(3)22(26)11-12-23(25)29/h4,9-10,15,17,19,22-24,27-29H,1,5-8,11-14,16H2,2-3H3/t17-,19?,22-,23+,24-,25+,26-/m1/s1. The van der Waals surface area contributed by atoms with Crippen molar-refractivity contribution in [2.24, 2.45) is 22.7 Å². The van der Waals surface area contributed by atoms with E-state index in [-0.39, 0.29) is 23.0 Å². The van der Waals surface area contributed by atoms with Gasteiger partial charge in [-0.15, -0.1) is 6.58 Å². The summed E-state index contributed by atoms with van der Waals surface area (Å²) in [5.41, 5.74) is 2.69. The van der Waals surface area contributed by atoms with Crippen molar-refractivity contribution in [3.8, 4) is 5.75 Å². The molecule has 0 radical (unpaired) electrons. The molecule has 1 unspecified atom stereocenters. The normalized spacial score (nSPS) is 39.3. The van der Waals surface area contributed by atoms with Gasteiger partial charge < -0.3 is 15.3 Å². The molecule has 2 saturated carbocycles. The van der Waals surface area contributed by atoms with Crippen LogP contribution in [0.5, 0.6) is 5.75 Å². The highest BCUT2D eigenvalue weighted by Gasteiger charge is 2.63.